The molecule has 1 N–H and O–H groups in total. The number of nitrogens with zero attached hydrogens (tertiary/aromatic N) is 2. The van der Waals surface area contributed by atoms with Gasteiger partial charge in [-0.15, -0.1) is 0 Å². The molecule has 5 nitrogen and oxygen atoms in total. The second-order valence-electron chi connectivity index (χ2n) is 4.64. The van der Waals surface area contributed by atoms with E-state index >= 15 is 0 Å². The molecule has 0 aliphatic carbocycles. The van der Waals surface area contributed by atoms with E-state index in [2.05, 4.69) is 12.0 Å². The van der Waals surface area contributed by atoms with Gasteiger partial charge in [0.2, 0.25) is 0 Å². The standard InChI is InChI=1S/C16H18N2O3/c1-3-13-10-14(18(2)17-13)11-21-15-6-4-5-12(9-15)7-8-16(19)20/h4-10H,3,11H2,1-2H3,(H,19,20). The molecular weight excluding hydrogens is 268 g/mol. The third-order valence-corrected chi connectivity index (χ3v) is 3.05. The molecule has 2 aromatic rings. The number of ether oxygens (including phenoxy) is 1. The highest BCUT2D eigenvalue weighted by Crippen LogP contribution is 2.16. The van der Waals surface area contributed by atoms with Gasteiger partial charge >= 0.3 is 5.97 Å². The van der Waals surface area contributed by atoms with E-state index in [1.165, 1.54) is 6.08 Å². The van der Waals surface area contributed by atoms with Gasteiger partial charge in [-0.05, 0) is 36.3 Å². The van der Waals surface area contributed by atoms with Crippen LogP contribution < -0.4 is 4.74 Å². The molecule has 0 amide bonds. The van der Waals surface area contributed by atoms with Crippen molar-refractivity contribution >= 4 is 12.0 Å². The summed E-state index contributed by atoms with van der Waals surface area (Å²) in [5.74, 6) is -0.273. The Balaban J connectivity index is 2.04. The fourth-order valence-electron chi connectivity index (χ4n) is 1.91. The molecule has 21 heavy (non-hydrogen) atoms. The Labute approximate surface area is 123 Å². The van der Waals surface area contributed by atoms with Gasteiger partial charge in [0.1, 0.15) is 12.4 Å². The molecule has 1 aromatic carbocycles. The molecule has 110 valence electrons. The minimum absolute atomic E-state index is 0.426. The lowest BCUT2D eigenvalue weighted by Crippen LogP contribution is -2.03. The van der Waals surface area contributed by atoms with E-state index < -0.39 is 5.97 Å². The summed E-state index contributed by atoms with van der Waals surface area (Å²) in [5.41, 5.74) is 2.82. The number of rotatable bonds is 6. The average Bonchev–Trinajstić information content (AvgIpc) is 2.84. The highest BCUT2D eigenvalue weighted by Gasteiger charge is 2.04. The third-order valence-electron chi connectivity index (χ3n) is 3.05. The molecule has 0 spiro atoms. The van der Waals surface area contributed by atoms with Gasteiger partial charge in [-0.2, -0.15) is 5.10 Å². The molecule has 0 saturated carbocycles. The lowest BCUT2D eigenvalue weighted by Gasteiger charge is -2.07. The Morgan fingerprint density at radius 1 is 1.43 bits per heavy atom. The van der Waals surface area contributed by atoms with E-state index in [-0.39, 0.29) is 0 Å². The van der Waals surface area contributed by atoms with E-state index in [0.29, 0.717) is 12.4 Å². The van der Waals surface area contributed by atoms with E-state index in [0.717, 1.165) is 29.4 Å². The fraction of sp³-hybridized carbons (Fsp3) is 0.250. The maximum Gasteiger partial charge on any atom is 0.328 e. The van der Waals surface area contributed by atoms with Gasteiger partial charge in [-0.1, -0.05) is 19.1 Å². The first kappa shape index (κ1) is 14.8. The lowest BCUT2D eigenvalue weighted by atomic mass is 10.2. The molecule has 0 atom stereocenters. The Morgan fingerprint density at radius 3 is 2.90 bits per heavy atom. The molecule has 1 aromatic heterocycles. The number of hydrogen-bond donors (Lipinski definition) is 1. The quantitative estimate of drug-likeness (QED) is 0.829. The predicted molar refractivity (Wildman–Crippen MR) is 80.0 cm³/mol. The van der Waals surface area contributed by atoms with Crippen molar-refractivity contribution in [2.24, 2.45) is 7.05 Å². The molecular formula is C16H18N2O3. The summed E-state index contributed by atoms with van der Waals surface area (Å²) in [6.07, 6.45) is 3.53. The Hall–Kier alpha value is -2.56. The topological polar surface area (TPSA) is 64.3 Å². The van der Waals surface area contributed by atoms with Crippen LogP contribution >= 0.6 is 0 Å². The van der Waals surface area contributed by atoms with Gasteiger partial charge in [-0.25, -0.2) is 4.79 Å². The lowest BCUT2D eigenvalue weighted by molar-refractivity contribution is -0.131. The number of carboxylic acids is 1. The molecule has 0 bridgehead atoms. The smallest absolute Gasteiger partial charge is 0.328 e. The van der Waals surface area contributed by atoms with Crippen LogP contribution in [0.5, 0.6) is 5.75 Å². The van der Waals surface area contributed by atoms with E-state index in [4.69, 9.17) is 9.84 Å². The van der Waals surface area contributed by atoms with Crippen molar-refractivity contribution in [3.8, 4) is 5.75 Å². The Kier molecular flexibility index (Phi) is 4.77. The molecule has 0 saturated heterocycles. The molecule has 1 heterocycles. The number of carbonyl (C=O) groups is 1. The van der Waals surface area contributed by atoms with Crippen LogP contribution in [0, 0.1) is 0 Å². The summed E-state index contributed by atoms with van der Waals surface area (Å²) in [7, 11) is 1.89. The van der Waals surface area contributed by atoms with Crippen molar-refractivity contribution in [3.05, 3.63) is 53.4 Å². The number of aromatic nitrogens is 2. The van der Waals surface area contributed by atoms with Gasteiger partial charge in [0.05, 0.1) is 11.4 Å². The Morgan fingerprint density at radius 2 is 2.24 bits per heavy atom. The molecule has 0 fully saturated rings. The monoisotopic (exact) mass is 286 g/mol. The van der Waals surface area contributed by atoms with Gasteiger partial charge in [0.25, 0.3) is 0 Å². The summed E-state index contributed by atoms with van der Waals surface area (Å²) >= 11 is 0. The SMILES string of the molecule is CCc1cc(COc2cccc(C=CC(=O)O)c2)n(C)n1. The van der Waals surface area contributed by atoms with Crippen molar-refractivity contribution < 1.29 is 14.6 Å². The predicted octanol–water partition coefficient (Wildman–Crippen LogP) is 2.66. The Bertz CT molecular complexity index is 659. The normalized spacial score (nSPS) is 11.0. The van der Waals surface area contributed by atoms with Gasteiger partial charge in [0.15, 0.2) is 0 Å². The maximum atomic E-state index is 10.5. The van der Waals surface area contributed by atoms with E-state index in [1.807, 2.05) is 36.0 Å². The summed E-state index contributed by atoms with van der Waals surface area (Å²) in [6.45, 7) is 2.49. The van der Waals surface area contributed by atoms with Crippen molar-refractivity contribution in [2.45, 2.75) is 20.0 Å². The second-order valence-corrected chi connectivity index (χ2v) is 4.64. The highest BCUT2D eigenvalue weighted by atomic mass is 16.5. The molecule has 5 heteroatoms. The largest absolute Gasteiger partial charge is 0.487 e. The van der Waals surface area contributed by atoms with Crippen LogP contribution in [-0.2, 0) is 24.9 Å². The van der Waals surface area contributed by atoms with Crippen LogP contribution in [0.1, 0.15) is 23.9 Å². The first-order chi connectivity index (χ1) is 10.1. The third kappa shape index (κ3) is 4.21. The number of benzene rings is 1. The number of aliphatic carboxylic acids is 1. The van der Waals surface area contributed by atoms with Crippen molar-refractivity contribution in [2.75, 3.05) is 0 Å². The fourth-order valence-corrected chi connectivity index (χ4v) is 1.91. The first-order valence-electron chi connectivity index (χ1n) is 6.74. The minimum atomic E-state index is -0.969. The second kappa shape index (κ2) is 6.74. The van der Waals surface area contributed by atoms with E-state index in [1.54, 1.807) is 6.07 Å². The summed E-state index contributed by atoms with van der Waals surface area (Å²) in [4.78, 5) is 10.5. The average molecular weight is 286 g/mol. The number of carboxylic acid groups (broad SMARTS) is 1. The zero-order valence-electron chi connectivity index (χ0n) is 12.1. The summed E-state index contributed by atoms with van der Waals surface area (Å²) < 4.78 is 7.55. The molecule has 0 aliphatic heterocycles. The molecule has 2 rings (SSSR count). The first-order valence-corrected chi connectivity index (χ1v) is 6.74. The van der Waals surface area contributed by atoms with Gasteiger partial charge in [-0.3, -0.25) is 4.68 Å². The molecule has 0 aliphatic rings. The summed E-state index contributed by atoms with van der Waals surface area (Å²) in [5, 5.41) is 13.0. The molecule has 0 radical (unpaired) electrons. The van der Waals surface area contributed by atoms with Crippen LogP contribution in [0.4, 0.5) is 0 Å². The summed E-state index contributed by atoms with van der Waals surface area (Å²) in [6, 6.07) is 9.32. The van der Waals surface area contributed by atoms with Crippen LogP contribution in [0.15, 0.2) is 36.4 Å². The maximum absolute atomic E-state index is 10.5. The zero-order chi connectivity index (χ0) is 15.2. The van der Waals surface area contributed by atoms with Crippen LogP contribution in [-0.4, -0.2) is 20.9 Å². The molecule has 0 unspecified atom stereocenters. The van der Waals surface area contributed by atoms with Crippen LogP contribution in [0.2, 0.25) is 0 Å². The number of aryl methyl sites for hydroxylation is 2. The number of hydrogen-bond acceptors (Lipinski definition) is 3. The van der Waals surface area contributed by atoms with Crippen LogP contribution in [0.25, 0.3) is 6.08 Å². The van der Waals surface area contributed by atoms with Crippen molar-refractivity contribution in [1.29, 1.82) is 0 Å². The zero-order valence-corrected chi connectivity index (χ0v) is 12.1. The van der Waals surface area contributed by atoms with E-state index in [9.17, 15) is 4.79 Å². The minimum Gasteiger partial charge on any atom is -0.487 e. The highest BCUT2D eigenvalue weighted by molar-refractivity contribution is 5.85. The van der Waals surface area contributed by atoms with Crippen LogP contribution in [0.3, 0.4) is 0 Å². The van der Waals surface area contributed by atoms with Gasteiger partial charge < -0.3 is 9.84 Å². The van der Waals surface area contributed by atoms with Crippen molar-refractivity contribution in [1.82, 2.24) is 9.78 Å². The van der Waals surface area contributed by atoms with Crippen molar-refractivity contribution in [3.63, 3.8) is 0 Å². The van der Waals surface area contributed by atoms with Gasteiger partial charge in [0, 0.05) is 13.1 Å².